The molecule has 6 heteroatoms. The monoisotopic (exact) mass is 172 g/mol. The minimum atomic E-state index is 0. The Hall–Kier alpha value is 6.52. The third kappa shape index (κ3) is 22.4. The van der Waals surface area contributed by atoms with E-state index in [1.807, 2.05) is 0 Å². The maximum Gasteiger partial charge on any atom is 0 e. The van der Waals surface area contributed by atoms with Crippen LogP contribution in [0, 0.1) is 0 Å². The molecule has 0 N–H and O–H groups in total. The first-order chi connectivity index (χ1) is 0. The summed E-state index contributed by atoms with van der Waals surface area (Å²) in [6.07, 6.45) is 0. The minimum absolute atomic E-state index is 0. The van der Waals surface area contributed by atoms with Gasteiger partial charge in [0.15, 0.2) is 0 Å². The van der Waals surface area contributed by atoms with Crippen molar-refractivity contribution < 1.29 is 0 Å². The zero-order valence-electron chi connectivity index (χ0n) is 5.41. The van der Waals surface area contributed by atoms with Gasteiger partial charge in [0.05, 0.1) is 0 Å². The van der Waals surface area contributed by atoms with E-state index >= 15 is 0 Å². The molecule has 0 atom stereocenters. The summed E-state index contributed by atoms with van der Waals surface area (Å²) in [5.74, 6) is 0. The van der Waals surface area contributed by atoms with E-state index in [0.717, 1.165) is 0 Å². The van der Waals surface area contributed by atoms with Crippen LogP contribution in [0.15, 0.2) is 0 Å². The summed E-state index contributed by atoms with van der Waals surface area (Å²) >= 11 is 0. The first-order valence-corrected chi connectivity index (χ1v) is 0. The van der Waals surface area contributed by atoms with Crippen molar-refractivity contribution in [1.82, 2.24) is 0 Å². The summed E-state index contributed by atoms with van der Waals surface area (Å²) in [6, 6.07) is 0. The van der Waals surface area contributed by atoms with E-state index in [1.165, 1.54) is 0 Å². The van der Waals surface area contributed by atoms with Crippen LogP contribution in [0.3, 0.4) is 0 Å². The fraction of sp³-hybridized carbons (Fsp3) is 0. The van der Waals surface area contributed by atoms with Gasteiger partial charge in [-0.25, -0.2) is 0 Å². The molecule has 8 valence electrons. The van der Waals surface area contributed by atoms with E-state index in [0.29, 0.717) is 0 Å². The van der Waals surface area contributed by atoms with Gasteiger partial charge in [-0.15, -0.1) is 0 Å². The Balaban J connectivity index is 0. The van der Waals surface area contributed by atoms with Crippen molar-refractivity contribution in [1.29, 1.82) is 0 Å². The van der Waals surface area contributed by atoms with Gasteiger partial charge in [0.1, 0.15) is 0 Å². The normalized spacial score (nSPS) is 0. The van der Waals surface area contributed by atoms with Crippen molar-refractivity contribution in [2.45, 2.75) is 0 Å². The summed E-state index contributed by atoms with van der Waals surface area (Å²) in [5.41, 5.74) is 0. The van der Waals surface area contributed by atoms with Crippen LogP contribution in [0.2, 0.25) is 0 Å². The maximum absolute atomic E-state index is 0. The van der Waals surface area contributed by atoms with E-state index in [9.17, 15) is 0 Å². The quantitative estimate of drug-likeness (QED) is 0.361. The van der Waals surface area contributed by atoms with Gasteiger partial charge in [0.2, 0.25) is 0 Å². The number of hydrogen-bond acceptors (Lipinski definition) is 0. The van der Waals surface area contributed by atoms with Crippen molar-refractivity contribution in [2.75, 3.05) is 0 Å². The predicted molar refractivity (Wildman–Crippen MR) is 34.5 cm³/mol. The zero-order valence-corrected chi connectivity index (χ0v) is 17.8. The van der Waals surface area contributed by atoms with Gasteiger partial charge in [0.25, 0.3) is 0 Å². The van der Waals surface area contributed by atoms with Crippen molar-refractivity contribution >= 4 is 194 Å². The Morgan fingerprint density at radius 3 is 0.333 bits per heavy atom. The average molecular weight is 172 g/mol. The van der Waals surface area contributed by atoms with Gasteiger partial charge < -0.3 is 0 Å². The largest absolute Gasteiger partial charge is 0 e. The predicted octanol–water partition coefficient (Wildman–Crippen LogP) is -2.28. The molecule has 0 saturated heterocycles. The Kier molecular flexibility index (Phi) is 195. The molecule has 0 aliphatic rings. The van der Waals surface area contributed by atoms with Crippen LogP contribution in [0.1, 0.15) is 0 Å². The molecule has 0 heterocycles. The molecule has 0 aromatic heterocycles. The second-order valence-electron chi connectivity index (χ2n) is 0. The molecule has 8 radical (unpaired) electrons. The van der Waals surface area contributed by atoms with Crippen molar-refractivity contribution in [3.05, 3.63) is 0 Å². The van der Waals surface area contributed by atoms with Crippen LogP contribution in [-0.2, 0) is 0 Å². The van der Waals surface area contributed by atoms with Gasteiger partial charge in [-0.1, -0.05) is 0 Å². The smallest absolute Gasteiger partial charge is 0 e. The zero-order chi connectivity index (χ0) is 0. The fourth-order valence-electron chi connectivity index (χ4n) is 0. The molecule has 0 amide bonds. The van der Waals surface area contributed by atoms with Crippen LogP contribution in [0.5, 0.6) is 0 Å². The topological polar surface area (TPSA) is 0 Å². The molecule has 0 saturated carbocycles. The van der Waals surface area contributed by atoms with E-state index in [4.69, 9.17) is 0 Å². The molecule has 0 aromatic carbocycles. The maximum atomic E-state index is 0. The van der Waals surface area contributed by atoms with Crippen LogP contribution in [0.4, 0.5) is 0 Å². The Bertz CT molecular complexity index is 5.51. The fourth-order valence-corrected chi connectivity index (χ4v) is 0. The third-order valence-corrected chi connectivity index (χ3v) is 0. The standard InChI is InChI=1S/2Ca.4Na. The molecule has 0 fully saturated rings. The Labute approximate surface area is 187 Å². The third-order valence-electron chi connectivity index (χ3n) is 0. The van der Waals surface area contributed by atoms with E-state index in [-0.39, 0.29) is 194 Å². The average Bonchev–Trinajstić information content (AvgIpc) is 0. The molecule has 0 aliphatic carbocycles. The van der Waals surface area contributed by atoms with Crippen molar-refractivity contribution in [3.63, 3.8) is 0 Å². The summed E-state index contributed by atoms with van der Waals surface area (Å²) < 4.78 is 0. The van der Waals surface area contributed by atoms with Crippen molar-refractivity contribution in [3.8, 4) is 0 Å². The molecule has 6 heavy (non-hydrogen) atoms. The number of hydrogen-bond donors (Lipinski definition) is 0. The molecule has 0 aromatic rings. The second kappa shape index (κ2) is 30.0. The van der Waals surface area contributed by atoms with Gasteiger partial charge >= 0.3 is 0 Å². The van der Waals surface area contributed by atoms with Crippen LogP contribution in [0.25, 0.3) is 0 Å². The van der Waals surface area contributed by atoms with Crippen LogP contribution >= 0.6 is 0 Å². The summed E-state index contributed by atoms with van der Waals surface area (Å²) in [4.78, 5) is 0. The molecule has 0 bridgehead atoms. The molecule has 0 unspecified atom stereocenters. The molecule has 0 spiro atoms. The molecular formula is Ca2Na4. The molecular weight excluding hydrogens is 172 g/mol. The molecule has 0 aliphatic heterocycles. The Morgan fingerprint density at radius 1 is 0.333 bits per heavy atom. The van der Waals surface area contributed by atoms with Crippen LogP contribution in [-0.4, -0.2) is 194 Å². The van der Waals surface area contributed by atoms with Gasteiger partial charge in [-0.2, -0.15) is 0 Å². The second-order valence-corrected chi connectivity index (χ2v) is 0. The van der Waals surface area contributed by atoms with E-state index in [1.54, 1.807) is 0 Å². The van der Waals surface area contributed by atoms with Gasteiger partial charge in [-0.3, -0.25) is 0 Å². The Morgan fingerprint density at radius 2 is 0.333 bits per heavy atom. The van der Waals surface area contributed by atoms with Crippen LogP contribution < -0.4 is 0 Å². The SMILES string of the molecule is [Ca].[Ca].[Na].[Na].[Na].[Na]. The first kappa shape index (κ1) is 39.1. The van der Waals surface area contributed by atoms with E-state index in [2.05, 4.69) is 0 Å². The van der Waals surface area contributed by atoms with Crippen molar-refractivity contribution in [2.24, 2.45) is 0 Å². The number of rotatable bonds is 0. The molecule has 0 rings (SSSR count). The van der Waals surface area contributed by atoms with Gasteiger partial charge in [-0.05, 0) is 0 Å². The van der Waals surface area contributed by atoms with Gasteiger partial charge in [0, 0.05) is 194 Å². The van der Waals surface area contributed by atoms with E-state index < -0.39 is 0 Å². The summed E-state index contributed by atoms with van der Waals surface area (Å²) in [6.45, 7) is 0. The first-order valence-electron chi connectivity index (χ1n) is 0. The summed E-state index contributed by atoms with van der Waals surface area (Å²) in [5, 5.41) is 0. The molecule has 0 nitrogen and oxygen atoms in total. The minimum Gasteiger partial charge on any atom is 0 e. The summed E-state index contributed by atoms with van der Waals surface area (Å²) in [7, 11) is 0.